The third kappa shape index (κ3) is 1.77. The maximum Gasteiger partial charge on any atom is 0.0450 e. The Morgan fingerprint density at radius 3 is 2.30 bits per heavy atom. The Morgan fingerprint density at radius 1 is 1.15 bits per heavy atom. The van der Waals surface area contributed by atoms with E-state index in [-0.39, 0.29) is 6.04 Å². The third-order valence-corrected chi connectivity index (χ3v) is 7.62. The lowest BCUT2D eigenvalue weighted by atomic mass is 9.39. The van der Waals surface area contributed by atoms with E-state index in [0.29, 0.717) is 16.2 Å². The first-order chi connectivity index (χ1) is 9.33. The monoisotopic (exact) mass is 289 g/mol. The summed E-state index contributed by atoms with van der Waals surface area (Å²) in [6.07, 6.45) is 8.47. The molecule has 20 heavy (non-hydrogen) atoms. The molecule has 0 radical (unpaired) electrons. The SMILES string of the molecule is Cc1ccsc1C(N)C12CC3CC(C)(CC(C)(C3)C1)C2. The summed E-state index contributed by atoms with van der Waals surface area (Å²) >= 11 is 1.88. The lowest BCUT2D eigenvalue weighted by Gasteiger charge is -2.66. The summed E-state index contributed by atoms with van der Waals surface area (Å²) in [5.41, 5.74) is 9.80. The van der Waals surface area contributed by atoms with Crippen LogP contribution in [-0.4, -0.2) is 0 Å². The molecule has 0 saturated heterocycles. The highest BCUT2D eigenvalue weighted by Crippen LogP contribution is 2.72. The summed E-state index contributed by atoms with van der Waals surface area (Å²) in [4.78, 5) is 1.46. The number of rotatable bonds is 2. The summed E-state index contributed by atoms with van der Waals surface area (Å²) < 4.78 is 0. The largest absolute Gasteiger partial charge is 0.323 e. The molecular formula is C18H27NS. The van der Waals surface area contributed by atoms with Crippen LogP contribution in [0.3, 0.4) is 0 Å². The van der Waals surface area contributed by atoms with Crippen molar-refractivity contribution in [2.45, 2.75) is 65.3 Å². The van der Waals surface area contributed by atoms with E-state index in [1.165, 1.54) is 49.0 Å². The predicted molar refractivity (Wildman–Crippen MR) is 85.8 cm³/mol. The van der Waals surface area contributed by atoms with E-state index in [1.807, 2.05) is 11.3 Å². The van der Waals surface area contributed by atoms with Crippen LogP contribution in [-0.2, 0) is 0 Å². The van der Waals surface area contributed by atoms with Crippen molar-refractivity contribution < 1.29 is 0 Å². The van der Waals surface area contributed by atoms with E-state index in [0.717, 1.165) is 5.92 Å². The molecular weight excluding hydrogens is 262 g/mol. The highest BCUT2D eigenvalue weighted by Gasteiger charge is 2.61. The average Bonchev–Trinajstić information content (AvgIpc) is 2.69. The zero-order chi connectivity index (χ0) is 14.2. The first kappa shape index (κ1) is 13.3. The van der Waals surface area contributed by atoms with E-state index in [9.17, 15) is 0 Å². The highest BCUT2D eigenvalue weighted by molar-refractivity contribution is 7.10. The molecule has 2 heteroatoms. The number of thiophene rings is 1. The Balaban J connectivity index is 1.75. The standard InChI is InChI=1S/C18H27NS/c1-12-4-5-20-14(12)15(19)18-8-13-6-16(2,10-18)9-17(3,7-13)11-18/h4-5,13,15H,6-11,19H2,1-3H3. The number of hydrogen-bond donors (Lipinski definition) is 1. The van der Waals surface area contributed by atoms with Gasteiger partial charge in [0, 0.05) is 10.9 Å². The molecule has 3 atom stereocenters. The van der Waals surface area contributed by atoms with Crippen molar-refractivity contribution in [3.63, 3.8) is 0 Å². The van der Waals surface area contributed by atoms with Gasteiger partial charge in [-0.25, -0.2) is 0 Å². The zero-order valence-corrected chi connectivity index (χ0v) is 13.9. The van der Waals surface area contributed by atoms with Crippen molar-refractivity contribution in [1.29, 1.82) is 0 Å². The maximum atomic E-state index is 6.87. The molecule has 0 amide bonds. The molecule has 1 aromatic rings. The van der Waals surface area contributed by atoms with E-state index in [2.05, 4.69) is 32.2 Å². The fraction of sp³-hybridized carbons (Fsp3) is 0.778. The molecule has 0 aliphatic heterocycles. The van der Waals surface area contributed by atoms with Crippen LogP contribution in [0.1, 0.15) is 68.9 Å². The Hall–Kier alpha value is -0.340. The first-order valence-corrected chi connectivity index (χ1v) is 9.01. The molecule has 4 saturated carbocycles. The average molecular weight is 289 g/mol. The van der Waals surface area contributed by atoms with Crippen molar-refractivity contribution in [1.82, 2.24) is 0 Å². The van der Waals surface area contributed by atoms with Gasteiger partial charge in [-0.2, -0.15) is 0 Å². The summed E-state index contributed by atoms with van der Waals surface area (Å²) in [5.74, 6) is 0.938. The van der Waals surface area contributed by atoms with Gasteiger partial charge in [0.2, 0.25) is 0 Å². The fourth-order valence-corrected chi connectivity index (χ4v) is 7.93. The first-order valence-electron chi connectivity index (χ1n) is 8.13. The molecule has 1 aromatic heterocycles. The minimum atomic E-state index is 0.268. The third-order valence-electron chi connectivity index (χ3n) is 6.51. The molecule has 4 aliphatic carbocycles. The molecule has 4 bridgehead atoms. The molecule has 0 aromatic carbocycles. The van der Waals surface area contributed by atoms with Crippen molar-refractivity contribution >= 4 is 11.3 Å². The van der Waals surface area contributed by atoms with E-state index in [4.69, 9.17) is 5.73 Å². The van der Waals surface area contributed by atoms with Crippen LogP contribution in [0.5, 0.6) is 0 Å². The minimum Gasteiger partial charge on any atom is -0.323 e. The summed E-state index contributed by atoms with van der Waals surface area (Å²) in [6, 6.07) is 2.51. The Morgan fingerprint density at radius 2 is 1.80 bits per heavy atom. The number of hydrogen-bond acceptors (Lipinski definition) is 2. The van der Waals surface area contributed by atoms with Crippen LogP contribution >= 0.6 is 11.3 Å². The van der Waals surface area contributed by atoms with Gasteiger partial charge >= 0.3 is 0 Å². The van der Waals surface area contributed by atoms with Gasteiger partial charge < -0.3 is 5.73 Å². The topological polar surface area (TPSA) is 26.0 Å². The van der Waals surface area contributed by atoms with Crippen molar-refractivity contribution in [3.05, 3.63) is 21.9 Å². The van der Waals surface area contributed by atoms with Gasteiger partial charge in [0.25, 0.3) is 0 Å². The van der Waals surface area contributed by atoms with Crippen LogP contribution < -0.4 is 5.73 Å². The van der Waals surface area contributed by atoms with Gasteiger partial charge in [-0.05, 0) is 84.6 Å². The van der Waals surface area contributed by atoms with Gasteiger partial charge in [-0.3, -0.25) is 0 Å². The zero-order valence-electron chi connectivity index (χ0n) is 13.0. The lowest BCUT2D eigenvalue weighted by Crippen LogP contribution is -2.58. The summed E-state index contributed by atoms with van der Waals surface area (Å²) in [5, 5.41) is 2.22. The van der Waals surface area contributed by atoms with Crippen LogP contribution in [0.25, 0.3) is 0 Å². The predicted octanol–water partition coefficient (Wildman–Crippen LogP) is 5.05. The lowest BCUT2D eigenvalue weighted by molar-refractivity contribution is -0.154. The summed E-state index contributed by atoms with van der Waals surface area (Å²) in [7, 11) is 0. The Kier molecular flexibility index (Phi) is 2.60. The normalized spacial score (nSPS) is 47.7. The highest BCUT2D eigenvalue weighted by atomic mass is 32.1. The van der Waals surface area contributed by atoms with Crippen molar-refractivity contribution in [2.75, 3.05) is 0 Å². The van der Waals surface area contributed by atoms with Crippen LogP contribution in [0.15, 0.2) is 11.4 Å². The molecule has 1 heterocycles. The molecule has 0 spiro atoms. The van der Waals surface area contributed by atoms with Crippen LogP contribution in [0.4, 0.5) is 0 Å². The molecule has 1 nitrogen and oxygen atoms in total. The van der Waals surface area contributed by atoms with Gasteiger partial charge in [-0.15, -0.1) is 11.3 Å². The molecule has 3 unspecified atom stereocenters. The molecule has 110 valence electrons. The van der Waals surface area contributed by atoms with Gasteiger partial charge in [0.15, 0.2) is 0 Å². The fourth-order valence-electron chi connectivity index (χ4n) is 6.86. The van der Waals surface area contributed by atoms with Gasteiger partial charge in [0.05, 0.1) is 0 Å². The minimum absolute atomic E-state index is 0.268. The van der Waals surface area contributed by atoms with Gasteiger partial charge in [-0.1, -0.05) is 13.8 Å². The van der Waals surface area contributed by atoms with E-state index < -0.39 is 0 Å². The Bertz CT molecular complexity index is 527. The quantitative estimate of drug-likeness (QED) is 0.809. The van der Waals surface area contributed by atoms with Crippen LogP contribution in [0, 0.1) is 29.1 Å². The number of aryl methyl sites for hydroxylation is 1. The van der Waals surface area contributed by atoms with Crippen molar-refractivity contribution in [3.8, 4) is 0 Å². The molecule has 2 N–H and O–H groups in total. The second-order valence-electron chi connectivity index (χ2n) is 8.94. The molecule has 4 aliphatic rings. The van der Waals surface area contributed by atoms with Crippen LogP contribution in [0.2, 0.25) is 0 Å². The Labute approximate surface area is 127 Å². The summed E-state index contributed by atoms with van der Waals surface area (Å²) in [6.45, 7) is 7.31. The molecule has 5 rings (SSSR count). The maximum absolute atomic E-state index is 6.87. The second-order valence-corrected chi connectivity index (χ2v) is 9.89. The second kappa shape index (κ2) is 3.89. The van der Waals surface area contributed by atoms with Crippen molar-refractivity contribution in [2.24, 2.45) is 27.9 Å². The smallest absolute Gasteiger partial charge is 0.0450 e. The number of nitrogens with two attached hydrogens (primary N) is 1. The van der Waals surface area contributed by atoms with E-state index in [1.54, 1.807) is 0 Å². The van der Waals surface area contributed by atoms with E-state index >= 15 is 0 Å². The molecule has 4 fully saturated rings. The van der Waals surface area contributed by atoms with Gasteiger partial charge in [0.1, 0.15) is 0 Å².